The van der Waals surface area contributed by atoms with E-state index in [1.165, 1.54) is 0 Å². The van der Waals surface area contributed by atoms with Crippen LogP contribution in [0.5, 0.6) is 0 Å². The Kier molecular flexibility index (Phi) is 2.26. The summed E-state index contributed by atoms with van der Waals surface area (Å²) in [4.78, 5) is 10.9. The number of carbonyl (C=O) groups is 1. The molecule has 0 bridgehead atoms. The van der Waals surface area contributed by atoms with E-state index in [0.29, 0.717) is 6.61 Å². The van der Waals surface area contributed by atoms with Gasteiger partial charge in [-0.25, -0.2) is 4.79 Å². The van der Waals surface area contributed by atoms with Crippen molar-refractivity contribution in [2.45, 2.75) is 12.5 Å². The monoisotopic (exact) mass is 206 g/mol. The van der Waals surface area contributed by atoms with Gasteiger partial charge in [-0.3, -0.25) is 0 Å². The van der Waals surface area contributed by atoms with Crippen molar-refractivity contribution >= 4 is 12.2 Å². The number of cyclic esters (lactones) is 1. The lowest BCUT2D eigenvalue weighted by Gasteiger charge is -2.15. The lowest BCUT2D eigenvalue weighted by Crippen LogP contribution is -2.37. The maximum atomic E-state index is 10.9. The Bertz CT molecular complexity index is 408. The van der Waals surface area contributed by atoms with Gasteiger partial charge < -0.3 is 14.6 Å². The number of rotatable bonds is 2. The maximum absolute atomic E-state index is 10.9. The van der Waals surface area contributed by atoms with Gasteiger partial charge >= 0.3 is 6.09 Å². The third-order valence-electron chi connectivity index (χ3n) is 2.50. The first-order valence-corrected chi connectivity index (χ1v) is 4.85. The Morgan fingerprint density at radius 2 is 2.47 bits per heavy atom. The second-order valence-electron chi connectivity index (χ2n) is 4.00. The molecule has 2 rings (SSSR count). The van der Waals surface area contributed by atoms with Crippen molar-refractivity contribution in [1.29, 1.82) is 0 Å². The van der Waals surface area contributed by atoms with Crippen molar-refractivity contribution in [3.05, 3.63) is 30.1 Å². The summed E-state index contributed by atoms with van der Waals surface area (Å²) in [6.45, 7) is 2.31. The number of aryl methyl sites for hydroxylation is 1. The van der Waals surface area contributed by atoms with E-state index in [9.17, 15) is 4.79 Å². The SMILES string of the molecule is Cn1cccc1C=C[C@]1(C)COC(=O)N1. The molecule has 1 fully saturated rings. The quantitative estimate of drug-likeness (QED) is 0.797. The summed E-state index contributed by atoms with van der Waals surface area (Å²) in [7, 11) is 1.98. The molecule has 1 aliphatic heterocycles. The summed E-state index contributed by atoms with van der Waals surface area (Å²) < 4.78 is 6.87. The van der Waals surface area contributed by atoms with Crippen LogP contribution in [-0.4, -0.2) is 22.8 Å². The number of carbonyl (C=O) groups excluding carboxylic acids is 1. The van der Waals surface area contributed by atoms with E-state index in [2.05, 4.69) is 5.32 Å². The molecule has 1 aromatic heterocycles. The van der Waals surface area contributed by atoms with E-state index in [1.807, 2.05) is 49.0 Å². The lowest BCUT2D eigenvalue weighted by atomic mass is 10.0. The fraction of sp³-hybridized carbons (Fsp3) is 0.364. The van der Waals surface area contributed by atoms with Crippen LogP contribution in [0.15, 0.2) is 24.4 Å². The van der Waals surface area contributed by atoms with Crippen LogP contribution in [0.25, 0.3) is 6.08 Å². The molecular weight excluding hydrogens is 192 g/mol. The van der Waals surface area contributed by atoms with Crippen LogP contribution >= 0.6 is 0 Å². The molecule has 4 nitrogen and oxygen atoms in total. The standard InChI is InChI=1S/C11H14N2O2/c1-11(8-15-10(14)12-11)6-5-9-4-3-7-13(9)2/h3-7H,8H2,1-2H3,(H,12,14)/t11-/m1/s1. The molecule has 1 atom stereocenters. The molecule has 0 aliphatic carbocycles. The van der Waals surface area contributed by atoms with Gasteiger partial charge in [-0.05, 0) is 25.1 Å². The fourth-order valence-corrected chi connectivity index (χ4v) is 1.53. The van der Waals surface area contributed by atoms with Crippen molar-refractivity contribution in [3.8, 4) is 0 Å². The minimum absolute atomic E-state index is 0.353. The highest BCUT2D eigenvalue weighted by atomic mass is 16.6. The predicted molar refractivity (Wildman–Crippen MR) is 57.3 cm³/mol. The van der Waals surface area contributed by atoms with E-state index in [-0.39, 0.29) is 11.6 Å². The van der Waals surface area contributed by atoms with Gasteiger partial charge in [0, 0.05) is 18.9 Å². The smallest absolute Gasteiger partial charge is 0.408 e. The number of hydrogen-bond acceptors (Lipinski definition) is 2. The molecule has 1 aromatic rings. The maximum Gasteiger partial charge on any atom is 0.408 e. The molecule has 2 heterocycles. The number of nitrogens with zero attached hydrogens (tertiary/aromatic N) is 1. The minimum Gasteiger partial charge on any atom is -0.447 e. The summed E-state index contributed by atoms with van der Waals surface area (Å²) in [5.41, 5.74) is 0.707. The Hall–Kier alpha value is -1.71. The molecule has 0 unspecified atom stereocenters. The number of amides is 1. The summed E-state index contributed by atoms with van der Waals surface area (Å²) >= 11 is 0. The van der Waals surface area contributed by atoms with Gasteiger partial charge in [-0.1, -0.05) is 6.08 Å². The van der Waals surface area contributed by atoms with Gasteiger partial charge in [-0.15, -0.1) is 0 Å². The third-order valence-corrected chi connectivity index (χ3v) is 2.50. The highest BCUT2D eigenvalue weighted by molar-refractivity contribution is 5.71. The van der Waals surface area contributed by atoms with Crippen molar-refractivity contribution < 1.29 is 9.53 Å². The highest BCUT2D eigenvalue weighted by Gasteiger charge is 2.32. The van der Waals surface area contributed by atoms with Crippen LogP contribution in [-0.2, 0) is 11.8 Å². The van der Waals surface area contributed by atoms with Crippen LogP contribution in [0.4, 0.5) is 4.79 Å². The van der Waals surface area contributed by atoms with E-state index >= 15 is 0 Å². The highest BCUT2D eigenvalue weighted by Crippen LogP contribution is 2.15. The first-order chi connectivity index (χ1) is 7.09. The second kappa shape index (κ2) is 3.46. The van der Waals surface area contributed by atoms with Gasteiger partial charge in [0.15, 0.2) is 0 Å². The topological polar surface area (TPSA) is 43.3 Å². The molecule has 1 amide bonds. The van der Waals surface area contributed by atoms with Gasteiger partial charge in [0.05, 0.1) is 5.54 Å². The van der Waals surface area contributed by atoms with Crippen molar-refractivity contribution in [3.63, 3.8) is 0 Å². The van der Waals surface area contributed by atoms with Crippen LogP contribution < -0.4 is 5.32 Å². The van der Waals surface area contributed by atoms with Crippen molar-refractivity contribution in [1.82, 2.24) is 9.88 Å². The number of nitrogens with one attached hydrogen (secondary N) is 1. The van der Waals surface area contributed by atoms with Gasteiger partial charge in [0.25, 0.3) is 0 Å². The largest absolute Gasteiger partial charge is 0.447 e. The summed E-state index contributed by atoms with van der Waals surface area (Å²) in [5.74, 6) is 0. The molecule has 80 valence electrons. The molecule has 0 radical (unpaired) electrons. The molecule has 1 saturated heterocycles. The Labute approximate surface area is 88.5 Å². The average molecular weight is 206 g/mol. The summed E-state index contributed by atoms with van der Waals surface area (Å²) in [6, 6.07) is 3.99. The van der Waals surface area contributed by atoms with E-state index in [4.69, 9.17) is 4.74 Å². The van der Waals surface area contributed by atoms with Gasteiger partial charge in [0.2, 0.25) is 0 Å². The number of ether oxygens (including phenoxy) is 1. The minimum atomic E-state index is -0.388. The molecule has 1 N–H and O–H groups in total. The van der Waals surface area contributed by atoms with Crippen molar-refractivity contribution in [2.75, 3.05) is 6.61 Å². The molecule has 4 heteroatoms. The van der Waals surface area contributed by atoms with E-state index < -0.39 is 0 Å². The zero-order valence-electron chi connectivity index (χ0n) is 8.86. The normalized spacial score (nSPS) is 25.6. The zero-order chi connectivity index (χ0) is 10.9. The number of hydrogen-bond donors (Lipinski definition) is 1. The van der Waals surface area contributed by atoms with Gasteiger partial charge in [-0.2, -0.15) is 0 Å². The summed E-state index contributed by atoms with van der Waals surface area (Å²) in [6.07, 6.45) is 5.56. The molecule has 0 saturated carbocycles. The molecule has 0 spiro atoms. The molecule has 15 heavy (non-hydrogen) atoms. The molecule has 0 aromatic carbocycles. The molecule has 1 aliphatic rings. The van der Waals surface area contributed by atoms with Crippen LogP contribution in [0.1, 0.15) is 12.6 Å². The number of alkyl carbamates (subject to hydrolysis) is 1. The zero-order valence-corrected chi connectivity index (χ0v) is 8.86. The van der Waals surface area contributed by atoms with Gasteiger partial charge in [0.1, 0.15) is 6.61 Å². The number of aromatic nitrogens is 1. The van der Waals surface area contributed by atoms with Crippen molar-refractivity contribution in [2.24, 2.45) is 7.05 Å². The third kappa shape index (κ3) is 2.03. The Morgan fingerprint density at radius 1 is 1.67 bits per heavy atom. The lowest BCUT2D eigenvalue weighted by molar-refractivity contribution is 0.175. The average Bonchev–Trinajstić information content (AvgIpc) is 2.71. The molecular formula is C11H14N2O2. The Morgan fingerprint density at radius 3 is 3.00 bits per heavy atom. The van der Waals surface area contributed by atoms with Crippen LogP contribution in [0, 0.1) is 0 Å². The second-order valence-corrected chi connectivity index (χ2v) is 4.00. The summed E-state index contributed by atoms with van der Waals surface area (Å²) in [5, 5.41) is 2.75. The first kappa shape index (κ1) is 9.83. The van der Waals surface area contributed by atoms with E-state index in [1.54, 1.807) is 0 Å². The van der Waals surface area contributed by atoms with Crippen LogP contribution in [0.2, 0.25) is 0 Å². The Balaban J connectivity index is 2.12. The fourth-order valence-electron chi connectivity index (χ4n) is 1.53. The predicted octanol–water partition coefficient (Wildman–Crippen LogP) is 1.54. The van der Waals surface area contributed by atoms with E-state index in [0.717, 1.165) is 5.69 Å². The first-order valence-electron chi connectivity index (χ1n) is 4.85. The van der Waals surface area contributed by atoms with Crippen LogP contribution in [0.3, 0.4) is 0 Å².